The lowest BCUT2D eigenvalue weighted by molar-refractivity contribution is 0.0699. The van der Waals surface area contributed by atoms with E-state index < -0.39 is 5.97 Å². The van der Waals surface area contributed by atoms with Gasteiger partial charge in [-0.25, -0.2) is 9.78 Å². The van der Waals surface area contributed by atoms with Crippen molar-refractivity contribution in [1.29, 1.82) is 0 Å². The summed E-state index contributed by atoms with van der Waals surface area (Å²) in [6.45, 7) is 0. The molecule has 0 unspecified atom stereocenters. The number of nitrogens with zero attached hydrogens (tertiary/aromatic N) is 1. The van der Waals surface area contributed by atoms with E-state index in [2.05, 4.69) is 25.9 Å². The maximum Gasteiger partial charge on any atom is 0.338 e. The number of halogens is 2. The molecule has 0 fully saturated rings. The minimum atomic E-state index is -1.01. The van der Waals surface area contributed by atoms with Gasteiger partial charge in [-0.15, -0.1) is 0 Å². The van der Waals surface area contributed by atoms with E-state index >= 15 is 0 Å². The molecule has 2 aromatic carbocycles. The van der Waals surface area contributed by atoms with Crippen molar-refractivity contribution in [2.75, 3.05) is 0 Å². The number of carboxylic acid groups (broad SMARTS) is 1. The van der Waals surface area contributed by atoms with Crippen LogP contribution in [0.5, 0.6) is 0 Å². The SMILES string of the molecule is O=C(O)c1c2nc3ccc(Br)c(Cl)c3c-2[nH]c2ccccc12. The van der Waals surface area contributed by atoms with E-state index in [9.17, 15) is 9.90 Å². The zero-order valence-electron chi connectivity index (χ0n) is 11.0. The summed E-state index contributed by atoms with van der Waals surface area (Å²) in [7, 11) is 0. The highest BCUT2D eigenvalue weighted by Crippen LogP contribution is 2.41. The molecule has 108 valence electrons. The number of rotatable bonds is 1. The van der Waals surface area contributed by atoms with Crippen LogP contribution in [0.1, 0.15) is 10.4 Å². The monoisotopic (exact) mass is 374 g/mol. The number of nitrogens with one attached hydrogen (secondary N) is 1. The lowest BCUT2D eigenvalue weighted by Crippen LogP contribution is -2.03. The van der Waals surface area contributed by atoms with E-state index in [4.69, 9.17) is 11.6 Å². The molecule has 0 aromatic heterocycles. The van der Waals surface area contributed by atoms with Crippen molar-refractivity contribution in [2.45, 2.75) is 0 Å². The molecule has 0 atom stereocenters. The van der Waals surface area contributed by atoms with Gasteiger partial charge in [0.1, 0.15) is 5.69 Å². The predicted octanol–water partition coefficient (Wildman–Crippen LogP) is 4.94. The molecule has 0 aliphatic carbocycles. The van der Waals surface area contributed by atoms with Gasteiger partial charge < -0.3 is 10.1 Å². The number of para-hydroxylation sites is 1. The Bertz CT molecular complexity index is 1040. The predicted molar refractivity (Wildman–Crippen MR) is 89.9 cm³/mol. The van der Waals surface area contributed by atoms with Crippen molar-refractivity contribution >= 4 is 55.3 Å². The van der Waals surface area contributed by atoms with Crippen molar-refractivity contribution in [3.63, 3.8) is 0 Å². The molecular weight excluding hydrogens is 368 g/mol. The highest BCUT2D eigenvalue weighted by Gasteiger charge is 2.25. The molecule has 2 aliphatic heterocycles. The molecule has 0 amide bonds. The van der Waals surface area contributed by atoms with Crippen LogP contribution < -0.4 is 0 Å². The Kier molecular flexibility index (Phi) is 2.89. The largest absolute Gasteiger partial charge is 0.478 e. The van der Waals surface area contributed by atoms with E-state index in [0.29, 0.717) is 27.3 Å². The van der Waals surface area contributed by atoms with Gasteiger partial charge in [-0.2, -0.15) is 0 Å². The van der Waals surface area contributed by atoms with Gasteiger partial charge in [-0.3, -0.25) is 0 Å². The van der Waals surface area contributed by atoms with Gasteiger partial charge in [-0.1, -0.05) is 29.8 Å². The number of aromatic amines is 1. The third kappa shape index (κ3) is 1.76. The quantitative estimate of drug-likeness (QED) is 0.495. The molecule has 2 N–H and O–H groups in total. The second kappa shape index (κ2) is 4.69. The molecule has 0 spiro atoms. The number of aromatic nitrogens is 2. The molecule has 4 nitrogen and oxygen atoms in total. The van der Waals surface area contributed by atoms with Gasteiger partial charge >= 0.3 is 5.97 Å². The maximum absolute atomic E-state index is 11.8. The molecular formula is C16H8BrClN2O2. The Morgan fingerprint density at radius 1 is 1.23 bits per heavy atom. The van der Waals surface area contributed by atoms with E-state index in [1.165, 1.54) is 0 Å². The Morgan fingerprint density at radius 3 is 2.77 bits per heavy atom. The first-order chi connectivity index (χ1) is 10.6. The molecule has 0 bridgehead atoms. The molecule has 0 saturated heterocycles. The average molecular weight is 376 g/mol. The van der Waals surface area contributed by atoms with Gasteiger partial charge in [-0.05, 0) is 34.1 Å². The minimum Gasteiger partial charge on any atom is -0.478 e. The van der Waals surface area contributed by atoms with E-state index in [1.54, 1.807) is 18.2 Å². The first kappa shape index (κ1) is 13.5. The Balaban J connectivity index is 2.30. The fraction of sp³-hybridized carbons (Fsp3) is 0. The van der Waals surface area contributed by atoms with Crippen LogP contribution in [0.15, 0.2) is 40.9 Å². The van der Waals surface area contributed by atoms with Crippen molar-refractivity contribution in [3.05, 3.63) is 51.5 Å². The van der Waals surface area contributed by atoms with Gasteiger partial charge in [0, 0.05) is 20.8 Å². The average Bonchev–Trinajstić information content (AvgIpc) is 2.86. The molecule has 0 radical (unpaired) electrons. The van der Waals surface area contributed by atoms with E-state index in [-0.39, 0.29) is 5.56 Å². The van der Waals surface area contributed by atoms with Gasteiger partial charge in [0.2, 0.25) is 0 Å². The summed E-state index contributed by atoms with van der Waals surface area (Å²) < 4.78 is 0.745. The fourth-order valence-corrected chi connectivity index (χ4v) is 3.34. The summed E-state index contributed by atoms with van der Waals surface area (Å²) in [5.74, 6) is -1.01. The van der Waals surface area contributed by atoms with Crippen molar-refractivity contribution in [2.24, 2.45) is 0 Å². The van der Waals surface area contributed by atoms with Crippen molar-refractivity contribution < 1.29 is 9.90 Å². The second-order valence-electron chi connectivity index (χ2n) is 4.94. The zero-order valence-corrected chi connectivity index (χ0v) is 13.4. The lowest BCUT2D eigenvalue weighted by atomic mass is 10.0. The van der Waals surface area contributed by atoms with Crippen molar-refractivity contribution in [3.8, 4) is 11.4 Å². The lowest BCUT2D eigenvalue weighted by Gasteiger charge is -2.09. The van der Waals surface area contributed by atoms with Gasteiger partial charge in [0.15, 0.2) is 0 Å². The normalized spacial score (nSPS) is 11.5. The molecule has 4 rings (SSSR count). The number of pyridine rings is 1. The number of H-pyrrole nitrogens is 1. The number of fused-ring (bicyclic) bond motifs is 4. The van der Waals surface area contributed by atoms with E-state index in [0.717, 1.165) is 15.4 Å². The third-order valence-electron chi connectivity index (χ3n) is 3.70. The van der Waals surface area contributed by atoms with Crippen LogP contribution in [0.25, 0.3) is 33.2 Å². The number of carboxylic acids is 1. The van der Waals surface area contributed by atoms with Crippen LogP contribution in [0.4, 0.5) is 0 Å². The zero-order chi connectivity index (χ0) is 15.4. The highest BCUT2D eigenvalue weighted by molar-refractivity contribution is 9.10. The molecule has 22 heavy (non-hydrogen) atoms. The molecule has 2 aliphatic rings. The fourth-order valence-electron chi connectivity index (χ4n) is 2.76. The number of hydrogen-bond donors (Lipinski definition) is 2. The molecule has 0 saturated carbocycles. The molecule has 6 heteroatoms. The number of benzene rings is 2. The minimum absolute atomic E-state index is 0.188. The van der Waals surface area contributed by atoms with E-state index in [1.807, 2.05) is 18.2 Å². The van der Waals surface area contributed by atoms with Crippen molar-refractivity contribution in [1.82, 2.24) is 9.97 Å². The standard InChI is InChI=1S/C16H8BrClN2O2/c17-8-5-6-10-12(13(8)18)15-14(20-10)11(16(21)22)7-3-1-2-4-9(7)19-15/h1-6,19H,(H,21,22). The summed E-state index contributed by atoms with van der Waals surface area (Å²) in [4.78, 5) is 19.5. The molecule has 2 heterocycles. The number of carbonyl (C=O) groups is 1. The summed E-state index contributed by atoms with van der Waals surface area (Å²) in [5, 5.41) is 11.5. The topological polar surface area (TPSA) is 66.0 Å². The summed E-state index contributed by atoms with van der Waals surface area (Å²) in [5.41, 5.74) is 2.64. The Labute approximate surface area is 138 Å². The number of aromatic carboxylic acids is 1. The maximum atomic E-state index is 11.8. The Morgan fingerprint density at radius 2 is 2.00 bits per heavy atom. The molecule has 2 aromatic rings. The second-order valence-corrected chi connectivity index (χ2v) is 6.17. The van der Waals surface area contributed by atoms with Crippen LogP contribution in [0.2, 0.25) is 5.02 Å². The van der Waals surface area contributed by atoms with Crippen LogP contribution in [-0.2, 0) is 0 Å². The summed E-state index contributed by atoms with van der Waals surface area (Å²) in [6, 6.07) is 10.9. The Hall–Kier alpha value is -2.11. The number of hydrogen-bond acceptors (Lipinski definition) is 2. The first-order valence-electron chi connectivity index (χ1n) is 6.49. The summed E-state index contributed by atoms with van der Waals surface area (Å²) >= 11 is 9.77. The van der Waals surface area contributed by atoms with Gasteiger partial charge in [0.25, 0.3) is 0 Å². The highest BCUT2D eigenvalue weighted by atomic mass is 79.9. The van der Waals surface area contributed by atoms with Crippen LogP contribution in [0, 0.1) is 0 Å². The van der Waals surface area contributed by atoms with Gasteiger partial charge in [0.05, 0.1) is 21.8 Å². The first-order valence-corrected chi connectivity index (χ1v) is 7.66. The van der Waals surface area contributed by atoms with Crippen LogP contribution >= 0.6 is 27.5 Å². The summed E-state index contributed by atoms with van der Waals surface area (Å²) in [6.07, 6.45) is 0. The third-order valence-corrected chi connectivity index (χ3v) is 4.98. The van der Waals surface area contributed by atoms with Crippen LogP contribution in [-0.4, -0.2) is 21.0 Å². The smallest absolute Gasteiger partial charge is 0.338 e. The van der Waals surface area contributed by atoms with Crippen LogP contribution in [0.3, 0.4) is 0 Å².